The highest BCUT2D eigenvalue weighted by molar-refractivity contribution is 7.07. The van der Waals surface area contributed by atoms with Gasteiger partial charge in [-0.25, -0.2) is 4.98 Å². The molecule has 0 aromatic carbocycles. The summed E-state index contributed by atoms with van der Waals surface area (Å²) < 4.78 is 0. The molecular weight excluding hydrogens is 156 g/mol. The zero-order valence-electron chi connectivity index (χ0n) is 6.21. The molecule has 0 spiro atoms. The maximum Gasteiger partial charge on any atom is 0.0798 e. The average Bonchev–Trinajstić information content (AvgIpc) is 2.60. The molecule has 1 aliphatic heterocycles. The maximum absolute atomic E-state index is 4.19. The minimum atomic E-state index is 1.04. The summed E-state index contributed by atoms with van der Waals surface area (Å²) in [6.45, 7) is 2.16. The second-order valence-corrected chi connectivity index (χ2v) is 3.36. The molecule has 0 saturated carbocycles. The van der Waals surface area contributed by atoms with Gasteiger partial charge in [0.25, 0.3) is 0 Å². The van der Waals surface area contributed by atoms with E-state index < -0.39 is 0 Å². The van der Waals surface area contributed by atoms with Gasteiger partial charge in [0, 0.05) is 11.9 Å². The first-order chi connectivity index (χ1) is 5.45. The molecule has 0 bridgehead atoms. The van der Waals surface area contributed by atoms with Gasteiger partial charge in [-0.3, -0.25) is 0 Å². The van der Waals surface area contributed by atoms with Crippen molar-refractivity contribution in [3.8, 4) is 0 Å². The number of nitrogens with one attached hydrogen (secondary N) is 1. The number of hydrogen-bond donors (Lipinski definition) is 1. The molecule has 1 N–H and O–H groups in total. The van der Waals surface area contributed by atoms with Crippen molar-refractivity contribution in [3.63, 3.8) is 0 Å². The van der Waals surface area contributed by atoms with E-state index in [4.69, 9.17) is 0 Å². The molecule has 1 saturated heterocycles. The Morgan fingerprint density at radius 1 is 1.64 bits per heavy atom. The van der Waals surface area contributed by atoms with E-state index in [-0.39, 0.29) is 0 Å². The molecule has 11 heavy (non-hydrogen) atoms. The van der Waals surface area contributed by atoms with Crippen molar-refractivity contribution in [2.45, 2.75) is 6.42 Å². The highest BCUT2D eigenvalue weighted by atomic mass is 32.1. The molecule has 3 heteroatoms. The van der Waals surface area contributed by atoms with Crippen molar-refractivity contribution >= 4 is 17.4 Å². The number of nitrogens with zero attached hydrogens (tertiary/aromatic N) is 1. The van der Waals surface area contributed by atoms with Crippen molar-refractivity contribution in [1.82, 2.24) is 10.3 Å². The van der Waals surface area contributed by atoms with E-state index in [1.165, 1.54) is 12.0 Å². The van der Waals surface area contributed by atoms with Gasteiger partial charge in [-0.05, 0) is 19.0 Å². The van der Waals surface area contributed by atoms with Gasteiger partial charge in [0.15, 0.2) is 0 Å². The molecule has 58 valence electrons. The molecule has 0 atom stereocenters. The van der Waals surface area contributed by atoms with Crippen LogP contribution in [0.2, 0.25) is 0 Å². The van der Waals surface area contributed by atoms with Crippen LogP contribution in [0.15, 0.2) is 16.5 Å². The molecule has 1 aromatic rings. The Bertz CT molecular complexity index is 243. The van der Waals surface area contributed by atoms with Crippen LogP contribution in [0.3, 0.4) is 0 Å². The molecule has 2 rings (SSSR count). The Hall–Kier alpha value is -0.670. The highest BCUT2D eigenvalue weighted by Gasteiger charge is 2.04. The lowest BCUT2D eigenvalue weighted by Crippen LogP contribution is -2.04. The van der Waals surface area contributed by atoms with Crippen LogP contribution in [0.25, 0.3) is 6.08 Å². The van der Waals surface area contributed by atoms with E-state index in [0.29, 0.717) is 0 Å². The number of hydrogen-bond acceptors (Lipinski definition) is 3. The molecule has 1 aromatic heterocycles. The Morgan fingerprint density at radius 3 is 3.27 bits per heavy atom. The third-order valence-electron chi connectivity index (χ3n) is 1.78. The predicted molar refractivity (Wildman–Crippen MR) is 47.6 cm³/mol. The van der Waals surface area contributed by atoms with Crippen LogP contribution in [0.1, 0.15) is 12.1 Å². The van der Waals surface area contributed by atoms with Gasteiger partial charge in [0.05, 0.1) is 11.2 Å². The van der Waals surface area contributed by atoms with Gasteiger partial charge >= 0.3 is 0 Å². The monoisotopic (exact) mass is 166 g/mol. The van der Waals surface area contributed by atoms with Crippen molar-refractivity contribution in [2.75, 3.05) is 13.1 Å². The van der Waals surface area contributed by atoms with Gasteiger partial charge < -0.3 is 5.32 Å². The molecule has 0 amide bonds. The molecule has 0 unspecified atom stereocenters. The molecule has 1 fully saturated rings. The first-order valence-corrected chi connectivity index (χ1v) is 4.68. The van der Waals surface area contributed by atoms with Gasteiger partial charge in [-0.2, -0.15) is 0 Å². The van der Waals surface area contributed by atoms with Crippen LogP contribution in [-0.2, 0) is 0 Å². The Balaban J connectivity index is 2.13. The first kappa shape index (κ1) is 7.00. The Labute approximate surface area is 70.0 Å². The fraction of sp³-hybridized carbons (Fsp3) is 0.375. The summed E-state index contributed by atoms with van der Waals surface area (Å²) in [4.78, 5) is 4.19. The fourth-order valence-corrected chi connectivity index (χ4v) is 1.72. The normalized spacial score (nSPS) is 21.3. The zero-order valence-corrected chi connectivity index (χ0v) is 7.03. The lowest BCUT2D eigenvalue weighted by atomic mass is 10.2. The molecule has 0 aliphatic carbocycles. The molecule has 0 radical (unpaired) electrons. The third-order valence-corrected chi connectivity index (χ3v) is 2.38. The maximum atomic E-state index is 4.19. The predicted octanol–water partition coefficient (Wildman–Crippen LogP) is 1.52. The Kier molecular flexibility index (Phi) is 2.01. The minimum absolute atomic E-state index is 1.04. The molecule has 2 heterocycles. The highest BCUT2D eigenvalue weighted by Crippen LogP contribution is 2.11. The van der Waals surface area contributed by atoms with E-state index in [1.807, 2.05) is 5.51 Å². The van der Waals surface area contributed by atoms with Crippen LogP contribution in [-0.4, -0.2) is 18.1 Å². The Morgan fingerprint density at radius 2 is 2.64 bits per heavy atom. The van der Waals surface area contributed by atoms with Crippen LogP contribution < -0.4 is 5.32 Å². The van der Waals surface area contributed by atoms with E-state index in [1.54, 1.807) is 11.3 Å². The van der Waals surface area contributed by atoms with Crippen LogP contribution in [0.5, 0.6) is 0 Å². The van der Waals surface area contributed by atoms with E-state index in [0.717, 1.165) is 18.8 Å². The third kappa shape index (κ3) is 1.67. The second kappa shape index (κ2) is 3.15. The number of thiazole rings is 1. The first-order valence-electron chi connectivity index (χ1n) is 3.73. The summed E-state index contributed by atoms with van der Waals surface area (Å²) in [5.74, 6) is 0. The standard InChI is InChI=1S/C8H10N2S/c1-2-9-4-7(1)3-8-5-11-6-10-8/h3,5-6,9H,1-2,4H2/b7-3-. The van der Waals surface area contributed by atoms with E-state index in [9.17, 15) is 0 Å². The van der Waals surface area contributed by atoms with Crippen molar-refractivity contribution in [2.24, 2.45) is 0 Å². The van der Waals surface area contributed by atoms with Gasteiger partial charge in [0.2, 0.25) is 0 Å². The summed E-state index contributed by atoms with van der Waals surface area (Å²) in [6.07, 6.45) is 3.36. The van der Waals surface area contributed by atoms with Crippen molar-refractivity contribution < 1.29 is 0 Å². The van der Waals surface area contributed by atoms with E-state index in [2.05, 4.69) is 21.8 Å². The van der Waals surface area contributed by atoms with Crippen molar-refractivity contribution in [3.05, 3.63) is 22.2 Å². The smallest absolute Gasteiger partial charge is 0.0798 e. The van der Waals surface area contributed by atoms with Crippen molar-refractivity contribution in [1.29, 1.82) is 0 Å². The summed E-state index contributed by atoms with van der Waals surface area (Å²) in [6, 6.07) is 0. The van der Waals surface area contributed by atoms with E-state index >= 15 is 0 Å². The summed E-state index contributed by atoms with van der Waals surface area (Å²) in [5.41, 5.74) is 4.44. The lowest BCUT2D eigenvalue weighted by molar-refractivity contribution is 0.862. The van der Waals surface area contributed by atoms with Crippen LogP contribution >= 0.6 is 11.3 Å². The minimum Gasteiger partial charge on any atom is -0.313 e. The number of aromatic nitrogens is 1. The van der Waals surface area contributed by atoms with Gasteiger partial charge in [0.1, 0.15) is 0 Å². The average molecular weight is 166 g/mol. The summed E-state index contributed by atoms with van der Waals surface area (Å²) in [7, 11) is 0. The SMILES string of the molecule is C(=C1\CCNC1)/c1cscn1. The quantitative estimate of drug-likeness (QED) is 0.684. The number of rotatable bonds is 1. The van der Waals surface area contributed by atoms with Gasteiger partial charge in [-0.1, -0.05) is 5.57 Å². The molecule has 1 aliphatic rings. The fourth-order valence-electron chi connectivity index (χ4n) is 1.21. The second-order valence-electron chi connectivity index (χ2n) is 2.64. The zero-order chi connectivity index (χ0) is 7.52. The summed E-state index contributed by atoms with van der Waals surface area (Å²) in [5, 5.41) is 5.37. The molecule has 2 nitrogen and oxygen atoms in total. The van der Waals surface area contributed by atoms with Crippen LogP contribution in [0.4, 0.5) is 0 Å². The van der Waals surface area contributed by atoms with Crippen LogP contribution in [0, 0.1) is 0 Å². The van der Waals surface area contributed by atoms with Gasteiger partial charge in [-0.15, -0.1) is 11.3 Å². The molecular formula is C8H10N2S. The topological polar surface area (TPSA) is 24.9 Å². The lowest BCUT2D eigenvalue weighted by Gasteiger charge is -1.90. The summed E-state index contributed by atoms with van der Waals surface area (Å²) >= 11 is 1.65. The largest absolute Gasteiger partial charge is 0.313 e.